The first-order valence-corrected chi connectivity index (χ1v) is 9.96. The predicted octanol–water partition coefficient (Wildman–Crippen LogP) is 3.44. The molecular formula is C20H21F3N6O. The van der Waals surface area contributed by atoms with Crippen LogP contribution < -0.4 is 5.32 Å². The van der Waals surface area contributed by atoms with Gasteiger partial charge in [-0.25, -0.2) is 9.97 Å². The molecule has 0 radical (unpaired) electrons. The van der Waals surface area contributed by atoms with Gasteiger partial charge in [0.05, 0.1) is 23.6 Å². The topological polar surface area (TPSA) is 75.9 Å². The lowest BCUT2D eigenvalue weighted by Crippen LogP contribution is -2.50. The van der Waals surface area contributed by atoms with Crippen LogP contribution in [0.15, 0.2) is 30.7 Å². The molecular weight excluding hydrogens is 397 g/mol. The maximum Gasteiger partial charge on any atom is 0.403 e. The number of fused-ring (bicyclic) bond motifs is 2. The summed E-state index contributed by atoms with van der Waals surface area (Å²) in [6.07, 6.45) is 4.22. The second kappa shape index (κ2) is 6.55. The lowest BCUT2D eigenvalue weighted by Gasteiger charge is -2.37. The summed E-state index contributed by atoms with van der Waals surface area (Å²) in [6, 6.07) is 1.26. The molecule has 1 saturated heterocycles. The van der Waals surface area contributed by atoms with Crippen LogP contribution in [0.2, 0.25) is 0 Å². The number of hydrogen-bond donors (Lipinski definition) is 1. The minimum atomic E-state index is -4.48. The van der Waals surface area contributed by atoms with E-state index in [9.17, 15) is 18.0 Å². The maximum atomic E-state index is 13.4. The third-order valence-corrected chi connectivity index (χ3v) is 6.28. The van der Waals surface area contributed by atoms with Crippen LogP contribution in [-0.2, 0) is 11.8 Å². The average molecular weight is 418 g/mol. The minimum Gasteiger partial charge on any atom is -0.332 e. The smallest absolute Gasteiger partial charge is 0.332 e. The molecule has 1 saturated carbocycles. The van der Waals surface area contributed by atoms with E-state index < -0.39 is 17.5 Å². The van der Waals surface area contributed by atoms with E-state index in [4.69, 9.17) is 0 Å². The van der Waals surface area contributed by atoms with Crippen LogP contribution in [0.25, 0.3) is 5.57 Å². The van der Waals surface area contributed by atoms with Gasteiger partial charge in [-0.05, 0) is 43.7 Å². The summed E-state index contributed by atoms with van der Waals surface area (Å²) in [7, 11) is 1.81. The maximum absolute atomic E-state index is 13.4. The van der Waals surface area contributed by atoms with Crippen LogP contribution in [0.5, 0.6) is 0 Å². The van der Waals surface area contributed by atoms with Gasteiger partial charge in [-0.3, -0.25) is 9.48 Å². The molecule has 1 N–H and O–H groups in total. The molecule has 2 unspecified atom stereocenters. The van der Waals surface area contributed by atoms with Gasteiger partial charge < -0.3 is 10.2 Å². The van der Waals surface area contributed by atoms with Gasteiger partial charge >= 0.3 is 6.18 Å². The van der Waals surface area contributed by atoms with E-state index in [2.05, 4.69) is 20.4 Å². The van der Waals surface area contributed by atoms with E-state index in [1.54, 1.807) is 29.3 Å². The van der Waals surface area contributed by atoms with Crippen LogP contribution in [0.3, 0.4) is 0 Å². The number of rotatable bonds is 4. The van der Waals surface area contributed by atoms with Crippen molar-refractivity contribution in [2.45, 2.75) is 50.4 Å². The van der Waals surface area contributed by atoms with Crippen molar-refractivity contribution >= 4 is 23.1 Å². The summed E-state index contributed by atoms with van der Waals surface area (Å²) in [6.45, 7) is 0. The first kappa shape index (κ1) is 19.1. The zero-order valence-corrected chi connectivity index (χ0v) is 16.4. The third-order valence-electron chi connectivity index (χ3n) is 6.28. The number of nitrogens with one attached hydrogen (secondary N) is 1. The fourth-order valence-electron chi connectivity index (χ4n) is 4.54. The molecule has 158 valence electrons. The summed E-state index contributed by atoms with van der Waals surface area (Å²) in [5.74, 6) is -0.333. The molecule has 0 spiro atoms. The van der Waals surface area contributed by atoms with Crippen molar-refractivity contribution in [2.24, 2.45) is 12.5 Å². The molecule has 0 aromatic carbocycles. The van der Waals surface area contributed by atoms with E-state index >= 15 is 0 Å². The van der Waals surface area contributed by atoms with Crippen molar-refractivity contribution in [3.8, 4) is 0 Å². The van der Waals surface area contributed by atoms with Crippen molar-refractivity contribution < 1.29 is 18.0 Å². The van der Waals surface area contributed by atoms with Gasteiger partial charge in [-0.2, -0.15) is 18.3 Å². The van der Waals surface area contributed by atoms with E-state index in [1.807, 2.05) is 13.1 Å². The predicted molar refractivity (Wildman–Crippen MR) is 102 cm³/mol. The number of nitrogens with zero attached hydrogens (tertiary/aromatic N) is 5. The van der Waals surface area contributed by atoms with Crippen molar-refractivity contribution in [2.75, 3.05) is 5.32 Å². The minimum absolute atomic E-state index is 0.100. The zero-order chi connectivity index (χ0) is 21.1. The Hall–Kier alpha value is -2.91. The molecule has 2 aromatic heterocycles. The molecule has 30 heavy (non-hydrogen) atoms. The lowest BCUT2D eigenvalue weighted by molar-refractivity contribution is -0.199. The van der Waals surface area contributed by atoms with Crippen molar-refractivity contribution in [1.82, 2.24) is 24.6 Å². The molecule has 7 nitrogen and oxygen atoms in total. The summed E-state index contributed by atoms with van der Waals surface area (Å²) in [5.41, 5.74) is 0.262. The highest BCUT2D eigenvalue weighted by molar-refractivity contribution is 5.88. The van der Waals surface area contributed by atoms with E-state index in [0.29, 0.717) is 25.2 Å². The first-order valence-electron chi connectivity index (χ1n) is 9.96. The Balaban J connectivity index is 1.37. The van der Waals surface area contributed by atoms with Gasteiger partial charge in [0.1, 0.15) is 5.41 Å². The quantitative estimate of drug-likeness (QED) is 0.823. The van der Waals surface area contributed by atoms with Crippen LogP contribution in [0, 0.1) is 5.41 Å². The highest BCUT2D eigenvalue weighted by atomic mass is 19.4. The summed E-state index contributed by atoms with van der Waals surface area (Å²) < 4.78 is 42.0. The largest absolute Gasteiger partial charge is 0.403 e. The van der Waals surface area contributed by atoms with Gasteiger partial charge in [-0.15, -0.1) is 0 Å². The van der Waals surface area contributed by atoms with Gasteiger partial charge in [0.2, 0.25) is 11.9 Å². The van der Waals surface area contributed by atoms with Crippen molar-refractivity contribution in [1.29, 1.82) is 0 Å². The SMILES string of the molecule is Cn1cc(Nc2nccc(C3=CC4CCC(C3)N4C(=O)C3(C(F)(F)F)CC3)n2)cn1. The highest BCUT2D eigenvalue weighted by Gasteiger charge is 2.70. The van der Waals surface area contributed by atoms with E-state index in [1.165, 1.54) is 4.90 Å². The number of aryl methyl sites for hydroxylation is 1. The number of alkyl halides is 3. The molecule has 1 amide bonds. The molecule has 2 aromatic rings. The summed E-state index contributed by atoms with van der Waals surface area (Å²) >= 11 is 0. The summed E-state index contributed by atoms with van der Waals surface area (Å²) in [5, 5.41) is 7.18. The number of aromatic nitrogens is 4. The van der Waals surface area contributed by atoms with E-state index in [0.717, 1.165) is 17.0 Å². The zero-order valence-electron chi connectivity index (χ0n) is 16.4. The van der Waals surface area contributed by atoms with Gasteiger partial charge in [0.15, 0.2) is 0 Å². The van der Waals surface area contributed by atoms with Crippen LogP contribution in [0.1, 0.15) is 37.8 Å². The molecule has 2 atom stereocenters. The summed E-state index contributed by atoms with van der Waals surface area (Å²) in [4.78, 5) is 23.1. The highest BCUT2D eigenvalue weighted by Crippen LogP contribution is 2.60. The van der Waals surface area contributed by atoms with Crippen LogP contribution in [-0.4, -0.2) is 48.8 Å². The lowest BCUT2D eigenvalue weighted by atomic mass is 9.95. The van der Waals surface area contributed by atoms with Gasteiger partial charge in [0.25, 0.3) is 0 Å². The Labute approximate surface area is 171 Å². The molecule has 10 heteroatoms. The van der Waals surface area contributed by atoms with Crippen molar-refractivity contribution in [3.05, 3.63) is 36.4 Å². The standard InChI is InChI=1S/C20H21F3N6O/c1-28-11-13(10-25-28)26-18-24-7-4-16(27-18)12-8-14-2-3-15(9-12)29(14)17(30)19(5-6-19)20(21,22)23/h4,7-8,10-11,14-15H,2-3,5-6,9H2,1H3,(H,24,26,27). The Morgan fingerprint density at radius 2 is 2.10 bits per heavy atom. The molecule has 4 heterocycles. The van der Waals surface area contributed by atoms with Gasteiger partial charge in [0, 0.05) is 25.5 Å². The Morgan fingerprint density at radius 3 is 2.73 bits per heavy atom. The van der Waals surface area contributed by atoms with Crippen molar-refractivity contribution in [3.63, 3.8) is 0 Å². The molecule has 1 aliphatic carbocycles. The second-order valence-corrected chi connectivity index (χ2v) is 8.28. The Kier molecular flexibility index (Phi) is 4.16. The second-order valence-electron chi connectivity index (χ2n) is 8.28. The van der Waals surface area contributed by atoms with Crippen LogP contribution in [0.4, 0.5) is 24.8 Å². The number of hydrogen-bond acceptors (Lipinski definition) is 5. The molecule has 2 fully saturated rings. The molecule has 2 bridgehead atoms. The molecule has 5 rings (SSSR count). The molecule has 3 aliphatic rings. The number of halogens is 3. The number of carbonyl (C=O) groups excluding carboxylic acids is 1. The average Bonchev–Trinajstić information content (AvgIpc) is 3.37. The Bertz CT molecular complexity index is 1030. The number of anilines is 2. The van der Waals surface area contributed by atoms with E-state index in [-0.39, 0.29) is 24.9 Å². The van der Waals surface area contributed by atoms with Crippen LogP contribution >= 0.6 is 0 Å². The first-order chi connectivity index (χ1) is 14.3. The molecule has 2 aliphatic heterocycles. The number of amides is 1. The monoisotopic (exact) mass is 418 g/mol. The number of carbonyl (C=O) groups is 1. The fraction of sp³-hybridized carbons (Fsp3) is 0.500. The fourth-order valence-corrected chi connectivity index (χ4v) is 4.54. The third kappa shape index (κ3) is 3.05. The van der Waals surface area contributed by atoms with Gasteiger partial charge in [-0.1, -0.05) is 6.08 Å². The normalized spacial score (nSPS) is 24.5. The Morgan fingerprint density at radius 1 is 1.30 bits per heavy atom.